The van der Waals surface area contributed by atoms with E-state index in [1.54, 1.807) is 0 Å². The molecule has 1 atom stereocenters. The first-order valence-corrected chi connectivity index (χ1v) is 8.35. The molecule has 0 saturated heterocycles. The molecule has 3 heteroatoms. The first-order chi connectivity index (χ1) is 9.66. The van der Waals surface area contributed by atoms with Crippen molar-refractivity contribution in [1.29, 1.82) is 0 Å². The van der Waals surface area contributed by atoms with E-state index in [-0.39, 0.29) is 6.04 Å². The zero-order valence-electron chi connectivity index (χ0n) is 12.1. The molecule has 0 N–H and O–H groups in total. The third-order valence-corrected chi connectivity index (χ3v) is 5.04. The van der Waals surface area contributed by atoms with E-state index < -0.39 is 7.95 Å². The second-order valence-corrected chi connectivity index (χ2v) is 6.71. The molecule has 0 aliphatic heterocycles. The Labute approximate surface area is 122 Å². The molecule has 2 rings (SSSR count). The molecule has 0 aliphatic rings. The molecular formula is C17H21NOP+. The zero-order chi connectivity index (χ0) is 14.4. The van der Waals surface area contributed by atoms with Crippen molar-refractivity contribution < 1.29 is 4.57 Å². The molecule has 0 saturated carbocycles. The maximum atomic E-state index is 12.6. The van der Waals surface area contributed by atoms with E-state index in [9.17, 15) is 4.57 Å². The lowest BCUT2D eigenvalue weighted by atomic mass is 10.2. The molecule has 0 fully saturated rings. The summed E-state index contributed by atoms with van der Waals surface area (Å²) in [5.41, 5.74) is 2.34. The molecule has 0 aromatic heterocycles. The minimum absolute atomic E-state index is 0.266. The van der Waals surface area contributed by atoms with Gasteiger partial charge in [-0.15, -0.1) is 0 Å². The second kappa shape index (κ2) is 7.33. The number of nitrogens with zero attached hydrogens (tertiary/aromatic N) is 1. The van der Waals surface area contributed by atoms with Gasteiger partial charge in [0.05, 0.1) is 6.54 Å². The predicted molar refractivity (Wildman–Crippen MR) is 84.9 cm³/mol. The molecule has 0 spiro atoms. The van der Waals surface area contributed by atoms with Crippen LogP contribution in [0.25, 0.3) is 0 Å². The Morgan fingerprint density at radius 2 is 1.40 bits per heavy atom. The van der Waals surface area contributed by atoms with Crippen LogP contribution in [0.3, 0.4) is 0 Å². The van der Waals surface area contributed by atoms with E-state index in [2.05, 4.69) is 30.7 Å². The predicted octanol–water partition coefficient (Wildman–Crippen LogP) is 4.84. The van der Waals surface area contributed by atoms with Gasteiger partial charge in [-0.25, -0.2) is 0 Å². The highest BCUT2D eigenvalue weighted by molar-refractivity contribution is 7.41. The van der Waals surface area contributed by atoms with Gasteiger partial charge in [-0.3, -0.25) is 0 Å². The van der Waals surface area contributed by atoms with Crippen LogP contribution in [0, 0.1) is 0 Å². The zero-order valence-corrected chi connectivity index (χ0v) is 13.0. The van der Waals surface area contributed by atoms with Gasteiger partial charge in [-0.05, 0) is 24.0 Å². The lowest BCUT2D eigenvalue weighted by molar-refractivity contribution is 0.356. The average molecular weight is 286 g/mol. The summed E-state index contributed by atoms with van der Waals surface area (Å²) in [5.74, 6) is 0. The summed E-state index contributed by atoms with van der Waals surface area (Å²) in [6, 6.07) is 20.5. The van der Waals surface area contributed by atoms with Crippen molar-refractivity contribution in [2.75, 3.05) is 0 Å². The molecule has 0 aliphatic carbocycles. The van der Waals surface area contributed by atoms with Gasteiger partial charge >= 0.3 is 7.95 Å². The maximum absolute atomic E-state index is 12.6. The Kier molecular flexibility index (Phi) is 5.46. The number of hydrogen-bond donors (Lipinski definition) is 0. The van der Waals surface area contributed by atoms with E-state index in [1.807, 2.05) is 48.5 Å². The lowest BCUT2D eigenvalue weighted by Gasteiger charge is -2.15. The molecule has 20 heavy (non-hydrogen) atoms. The van der Waals surface area contributed by atoms with Crippen molar-refractivity contribution in [1.82, 2.24) is 4.67 Å². The largest absolute Gasteiger partial charge is 0.440 e. The summed E-state index contributed by atoms with van der Waals surface area (Å²) in [7, 11) is -1.40. The van der Waals surface area contributed by atoms with Crippen LogP contribution >= 0.6 is 7.95 Å². The molecule has 104 valence electrons. The quantitative estimate of drug-likeness (QED) is 0.708. The Morgan fingerprint density at radius 1 is 0.900 bits per heavy atom. The van der Waals surface area contributed by atoms with Crippen LogP contribution < -0.4 is 0 Å². The van der Waals surface area contributed by atoms with E-state index in [4.69, 9.17) is 0 Å². The normalized spacial score (nSPS) is 11.9. The van der Waals surface area contributed by atoms with Gasteiger partial charge in [-0.2, -0.15) is 0 Å². The van der Waals surface area contributed by atoms with Crippen molar-refractivity contribution in [3.8, 4) is 0 Å². The summed E-state index contributed by atoms with van der Waals surface area (Å²) in [6.45, 7) is 4.93. The van der Waals surface area contributed by atoms with E-state index in [0.29, 0.717) is 6.16 Å². The molecule has 0 heterocycles. The van der Waals surface area contributed by atoms with Crippen LogP contribution in [-0.2, 0) is 17.3 Å². The molecule has 0 bridgehead atoms. The molecular weight excluding hydrogens is 265 g/mol. The van der Waals surface area contributed by atoms with Gasteiger partial charge in [0.2, 0.25) is 0 Å². The standard InChI is InChI=1S/C17H21NOP/c1-15(2)18(13-16-9-5-3-6-10-16)20(19)14-17-11-7-4-8-12-17/h3-12,15H,13-14H2,1-2H3/q+1. The van der Waals surface area contributed by atoms with Gasteiger partial charge in [0.25, 0.3) is 0 Å². The first kappa shape index (κ1) is 14.9. The van der Waals surface area contributed by atoms with Crippen LogP contribution in [0.2, 0.25) is 0 Å². The number of benzene rings is 2. The fraction of sp³-hybridized carbons (Fsp3) is 0.294. The monoisotopic (exact) mass is 286 g/mol. The smallest absolute Gasteiger partial charge is 0.0896 e. The van der Waals surface area contributed by atoms with Gasteiger partial charge in [0.1, 0.15) is 0 Å². The summed E-state index contributed by atoms with van der Waals surface area (Å²) in [6.07, 6.45) is 0.612. The van der Waals surface area contributed by atoms with Crippen molar-refractivity contribution in [2.24, 2.45) is 0 Å². The average Bonchev–Trinajstić information content (AvgIpc) is 2.46. The van der Waals surface area contributed by atoms with Gasteiger partial charge < -0.3 is 0 Å². The van der Waals surface area contributed by atoms with Gasteiger partial charge in [0.15, 0.2) is 6.16 Å². The maximum Gasteiger partial charge on any atom is 0.440 e. The van der Waals surface area contributed by atoms with E-state index >= 15 is 0 Å². The molecule has 0 amide bonds. The highest BCUT2D eigenvalue weighted by atomic mass is 31.1. The van der Waals surface area contributed by atoms with Crippen LogP contribution in [-0.4, -0.2) is 10.7 Å². The van der Waals surface area contributed by atoms with Gasteiger partial charge in [-0.1, -0.05) is 65.3 Å². The molecule has 2 nitrogen and oxygen atoms in total. The third kappa shape index (κ3) is 4.26. The van der Waals surface area contributed by atoms with E-state index in [1.165, 1.54) is 5.56 Å². The fourth-order valence-electron chi connectivity index (χ4n) is 2.12. The summed E-state index contributed by atoms with van der Waals surface area (Å²) in [4.78, 5) is 0. The second-order valence-electron chi connectivity index (χ2n) is 5.17. The molecule has 0 radical (unpaired) electrons. The SMILES string of the molecule is CC(C)N(Cc1ccccc1)[P+](=O)Cc1ccccc1. The van der Waals surface area contributed by atoms with Crippen LogP contribution in [0.5, 0.6) is 0 Å². The topological polar surface area (TPSA) is 20.3 Å². The number of rotatable bonds is 6. The third-order valence-electron chi connectivity index (χ3n) is 3.23. The van der Waals surface area contributed by atoms with Crippen LogP contribution in [0.4, 0.5) is 0 Å². The highest BCUT2D eigenvalue weighted by Crippen LogP contribution is 2.35. The van der Waals surface area contributed by atoms with Crippen LogP contribution in [0.1, 0.15) is 25.0 Å². The molecule has 2 aromatic carbocycles. The minimum Gasteiger partial charge on any atom is -0.0896 e. The summed E-state index contributed by atoms with van der Waals surface area (Å²) >= 11 is 0. The fourth-order valence-corrected chi connectivity index (χ4v) is 3.66. The lowest BCUT2D eigenvalue weighted by Crippen LogP contribution is -2.23. The molecule has 2 aromatic rings. The Balaban J connectivity index is 2.07. The van der Waals surface area contributed by atoms with Crippen molar-refractivity contribution in [3.05, 3.63) is 71.8 Å². The summed E-state index contributed by atoms with van der Waals surface area (Å²) in [5, 5.41) is 0. The Morgan fingerprint density at radius 3 is 1.90 bits per heavy atom. The first-order valence-electron chi connectivity index (χ1n) is 6.96. The minimum atomic E-state index is -1.40. The van der Waals surface area contributed by atoms with Crippen LogP contribution in [0.15, 0.2) is 60.7 Å². The highest BCUT2D eigenvalue weighted by Gasteiger charge is 2.30. The van der Waals surface area contributed by atoms with Gasteiger partial charge in [0, 0.05) is 11.6 Å². The van der Waals surface area contributed by atoms with Crippen molar-refractivity contribution in [3.63, 3.8) is 0 Å². The Bertz CT molecular complexity index is 539. The molecule has 1 unspecified atom stereocenters. The number of hydrogen-bond acceptors (Lipinski definition) is 1. The van der Waals surface area contributed by atoms with Crippen molar-refractivity contribution >= 4 is 7.95 Å². The van der Waals surface area contributed by atoms with Crippen molar-refractivity contribution in [2.45, 2.75) is 32.6 Å². The van der Waals surface area contributed by atoms with E-state index in [0.717, 1.165) is 12.1 Å². The Hall–Kier alpha value is -1.50. The summed E-state index contributed by atoms with van der Waals surface area (Å²) < 4.78 is 14.7.